The first-order chi connectivity index (χ1) is 22.8. The van der Waals surface area contributed by atoms with Gasteiger partial charge in [-0.05, 0) is 35.4 Å². The van der Waals surface area contributed by atoms with Gasteiger partial charge in [-0.25, -0.2) is 15.0 Å². The normalized spacial score (nSPS) is 11.7. The molecule has 0 aliphatic carbocycles. The minimum Gasteiger partial charge on any atom is -0.245 e. The monoisotopic (exact) mass is 589 g/mol. The molecule has 0 radical (unpaired) electrons. The van der Waals surface area contributed by atoms with Crippen molar-refractivity contribution in [1.82, 2.24) is 4.98 Å². The number of aromatic nitrogens is 1. The van der Waals surface area contributed by atoms with Gasteiger partial charge in [0.05, 0.1) is 34.2 Å². The summed E-state index contributed by atoms with van der Waals surface area (Å²) in [4.78, 5) is 15.9. The maximum Gasteiger partial charge on any atom is 0.0966 e. The van der Waals surface area contributed by atoms with E-state index in [-0.39, 0.29) is 0 Å². The van der Waals surface area contributed by atoms with Crippen LogP contribution in [0.4, 0.5) is 11.4 Å². The minimum atomic E-state index is 0.770. The van der Waals surface area contributed by atoms with Crippen molar-refractivity contribution in [3.8, 4) is 22.3 Å². The van der Waals surface area contributed by atoms with E-state index in [1.54, 1.807) is 0 Å². The van der Waals surface area contributed by atoms with Crippen LogP contribution in [-0.4, -0.2) is 16.4 Å². The van der Waals surface area contributed by atoms with E-state index >= 15 is 0 Å². The molecule has 3 heteroatoms. The van der Waals surface area contributed by atoms with Gasteiger partial charge in [0, 0.05) is 22.3 Å². The number of hydrogen-bond donors (Lipinski definition) is 0. The zero-order valence-electron chi connectivity index (χ0n) is 25.2. The maximum atomic E-state index is 5.30. The smallest absolute Gasteiger partial charge is 0.0966 e. The van der Waals surface area contributed by atoms with Gasteiger partial charge in [-0.15, -0.1) is 0 Å². The lowest BCUT2D eigenvalue weighted by molar-refractivity contribution is 1.24. The van der Waals surface area contributed by atoms with Gasteiger partial charge in [-0.1, -0.05) is 164 Å². The van der Waals surface area contributed by atoms with Crippen LogP contribution in [0.3, 0.4) is 0 Å². The van der Waals surface area contributed by atoms with Crippen molar-refractivity contribution in [1.29, 1.82) is 0 Å². The molecule has 1 heterocycles. The molecule has 7 aromatic rings. The van der Waals surface area contributed by atoms with Crippen LogP contribution in [0.1, 0.15) is 22.5 Å². The fraction of sp³-hybridized carbons (Fsp3) is 0. The molecule has 3 nitrogen and oxygen atoms in total. The lowest BCUT2D eigenvalue weighted by atomic mass is 10.0. The number of nitrogens with zero attached hydrogens (tertiary/aromatic N) is 3. The second-order valence-corrected chi connectivity index (χ2v) is 10.8. The summed E-state index contributed by atoms with van der Waals surface area (Å²) < 4.78 is 0. The molecule has 46 heavy (non-hydrogen) atoms. The molecule has 1 aromatic heterocycles. The second-order valence-electron chi connectivity index (χ2n) is 10.8. The first-order valence-corrected chi connectivity index (χ1v) is 15.4. The van der Waals surface area contributed by atoms with Crippen LogP contribution in [0.15, 0.2) is 198 Å². The van der Waals surface area contributed by atoms with E-state index in [0.717, 1.165) is 67.6 Å². The summed E-state index contributed by atoms with van der Waals surface area (Å²) in [7, 11) is 0. The van der Waals surface area contributed by atoms with Crippen molar-refractivity contribution in [3.05, 3.63) is 211 Å². The van der Waals surface area contributed by atoms with Crippen molar-refractivity contribution < 1.29 is 0 Å². The lowest BCUT2D eigenvalue weighted by Gasteiger charge is -2.13. The van der Waals surface area contributed by atoms with Crippen LogP contribution in [0.5, 0.6) is 0 Å². The van der Waals surface area contributed by atoms with Gasteiger partial charge in [0.2, 0.25) is 0 Å². The van der Waals surface area contributed by atoms with E-state index in [4.69, 9.17) is 15.0 Å². The molecule has 0 atom stereocenters. The van der Waals surface area contributed by atoms with Crippen molar-refractivity contribution in [2.24, 2.45) is 9.98 Å². The van der Waals surface area contributed by atoms with Gasteiger partial charge >= 0.3 is 0 Å². The number of rotatable bonds is 8. The topological polar surface area (TPSA) is 37.6 Å². The third kappa shape index (κ3) is 6.35. The molecule has 0 fully saturated rings. The van der Waals surface area contributed by atoms with Crippen LogP contribution in [0.2, 0.25) is 0 Å². The first-order valence-electron chi connectivity index (χ1n) is 15.4. The van der Waals surface area contributed by atoms with Crippen LogP contribution < -0.4 is 0 Å². The Hall–Kier alpha value is -6.19. The Morgan fingerprint density at radius 2 is 0.674 bits per heavy atom. The highest BCUT2D eigenvalue weighted by Gasteiger charge is 2.16. The highest BCUT2D eigenvalue weighted by molar-refractivity contribution is 6.16. The van der Waals surface area contributed by atoms with Crippen molar-refractivity contribution in [2.45, 2.75) is 0 Å². The molecule has 7 rings (SSSR count). The van der Waals surface area contributed by atoms with E-state index in [1.807, 2.05) is 78.9 Å². The fourth-order valence-electron chi connectivity index (χ4n) is 5.54. The molecule has 0 saturated heterocycles. The average Bonchev–Trinajstić information content (AvgIpc) is 3.14. The minimum absolute atomic E-state index is 0.770. The van der Waals surface area contributed by atoms with Crippen molar-refractivity contribution in [3.63, 3.8) is 0 Å². The summed E-state index contributed by atoms with van der Waals surface area (Å²) in [5.41, 5.74) is 11.2. The molecular formula is C43H31N3. The van der Waals surface area contributed by atoms with Gasteiger partial charge in [0.25, 0.3) is 0 Å². The van der Waals surface area contributed by atoms with Crippen LogP contribution in [-0.2, 0) is 0 Å². The summed E-state index contributed by atoms with van der Waals surface area (Å²) in [5.74, 6) is 0. The van der Waals surface area contributed by atoms with Gasteiger partial charge in [0.1, 0.15) is 0 Å². The Balaban J connectivity index is 1.40. The standard InChI is InChI=1S/C43H31N3/c1-5-18-32(19-6-1)36-26-13-15-28-38(36)45-42(34-22-9-3-10-23-34)40-30-17-31-41(44-40)43(35-24-11-4-12-25-35)46-39-29-16-14-27-37(39)33-20-7-2-8-21-33/h1-31H. The van der Waals surface area contributed by atoms with E-state index in [1.165, 1.54) is 0 Å². The van der Waals surface area contributed by atoms with E-state index in [2.05, 4.69) is 109 Å². The van der Waals surface area contributed by atoms with Gasteiger partial charge in [0.15, 0.2) is 0 Å². The first kappa shape index (κ1) is 28.6. The highest BCUT2D eigenvalue weighted by Crippen LogP contribution is 2.33. The molecule has 0 saturated carbocycles. The highest BCUT2D eigenvalue weighted by atomic mass is 14.8. The summed E-state index contributed by atoms with van der Waals surface area (Å²) in [6.07, 6.45) is 0. The number of para-hydroxylation sites is 2. The number of hydrogen-bond acceptors (Lipinski definition) is 3. The van der Waals surface area contributed by atoms with E-state index in [0.29, 0.717) is 0 Å². The molecule has 0 aliphatic rings. The van der Waals surface area contributed by atoms with Crippen molar-refractivity contribution >= 4 is 22.8 Å². The number of benzene rings is 6. The Bertz CT molecular complexity index is 1970. The Kier molecular flexibility index (Phi) is 8.46. The molecule has 6 aromatic carbocycles. The Labute approximate surface area is 270 Å². The van der Waals surface area contributed by atoms with E-state index in [9.17, 15) is 0 Å². The maximum absolute atomic E-state index is 5.30. The molecule has 0 bridgehead atoms. The molecule has 0 amide bonds. The summed E-state index contributed by atoms with van der Waals surface area (Å²) >= 11 is 0. The molecule has 0 spiro atoms. The molecular weight excluding hydrogens is 558 g/mol. The Morgan fingerprint density at radius 1 is 0.326 bits per heavy atom. The molecule has 0 aliphatic heterocycles. The van der Waals surface area contributed by atoms with Gasteiger partial charge in [-0.2, -0.15) is 0 Å². The van der Waals surface area contributed by atoms with Crippen LogP contribution in [0, 0.1) is 0 Å². The third-order valence-electron chi connectivity index (χ3n) is 7.77. The summed E-state index contributed by atoms with van der Waals surface area (Å²) in [6, 6.07) is 63.9. The quantitative estimate of drug-likeness (QED) is 0.163. The zero-order valence-corrected chi connectivity index (χ0v) is 25.2. The average molecular weight is 590 g/mol. The molecule has 0 unspecified atom stereocenters. The van der Waals surface area contributed by atoms with Crippen LogP contribution >= 0.6 is 0 Å². The predicted molar refractivity (Wildman–Crippen MR) is 191 cm³/mol. The van der Waals surface area contributed by atoms with Crippen LogP contribution in [0.25, 0.3) is 22.3 Å². The number of pyridine rings is 1. The zero-order chi connectivity index (χ0) is 31.0. The molecule has 218 valence electrons. The predicted octanol–water partition coefficient (Wildman–Crippen LogP) is 10.8. The molecule has 0 N–H and O–H groups in total. The summed E-state index contributed by atoms with van der Waals surface area (Å²) in [6.45, 7) is 0. The Morgan fingerprint density at radius 3 is 1.09 bits per heavy atom. The lowest BCUT2D eigenvalue weighted by Crippen LogP contribution is -2.11. The van der Waals surface area contributed by atoms with Gasteiger partial charge in [-0.3, -0.25) is 0 Å². The van der Waals surface area contributed by atoms with E-state index < -0.39 is 0 Å². The summed E-state index contributed by atoms with van der Waals surface area (Å²) in [5, 5.41) is 0. The third-order valence-corrected chi connectivity index (χ3v) is 7.77. The SMILES string of the molecule is c1ccc(C(=Nc2ccccc2-c2ccccc2)c2cccc(C(=Nc3ccccc3-c3ccccc3)c3ccccc3)n2)cc1. The van der Waals surface area contributed by atoms with Crippen molar-refractivity contribution in [2.75, 3.05) is 0 Å². The van der Waals surface area contributed by atoms with Gasteiger partial charge < -0.3 is 0 Å². The second kappa shape index (κ2) is 13.6. The number of aliphatic imine (C=N–C) groups is 2. The fourth-order valence-corrected chi connectivity index (χ4v) is 5.54. The largest absolute Gasteiger partial charge is 0.245 e.